The van der Waals surface area contributed by atoms with E-state index in [0.717, 1.165) is 5.56 Å². The zero-order valence-corrected chi connectivity index (χ0v) is 11.9. The standard InChI is InChI=1S/C15H21N3O2/c1-4-7-11(16)15(20)18-13-9-6-8-12(10(13)3)17-14(19)5-2/h4,6,8-9,11H,1,5,7,16H2,2-3H3,(H,17,19)(H,18,20). The second-order valence-electron chi connectivity index (χ2n) is 4.50. The number of benzene rings is 1. The van der Waals surface area contributed by atoms with Gasteiger partial charge in [0.1, 0.15) is 0 Å². The van der Waals surface area contributed by atoms with Crippen LogP contribution in [0, 0.1) is 6.92 Å². The van der Waals surface area contributed by atoms with E-state index in [0.29, 0.717) is 24.2 Å². The van der Waals surface area contributed by atoms with Gasteiger partial charge in [-0.25, -0.2) is 0 Å². The number of nitrogens with two attached hydrogens (primary N) is 1. The number of hydrogen-bond donors (Lipinski definition) is 3. The first-order valence-corrected chi connectivity index (χ1v) is 6.56. The lowest BCUT2D eigenvalue weighted by atomic mass is 10.1. The van der Waals surface area contributed by atoms with Crippen LogP contribution in [0.4, 0.5) is 11.4 Å². The first kappa shape index (κ1) is 15.9. The van der Waals surface area contributed by atoms with Gasteiger partial charge in [-0.3, -0.25) is 9.59 Å². The number of carbonyl (C=O) groups is 2. The molecule has 1 aromatic carbocycles. The molecule has 0 saturated heterocycles. The summed E-state index contributed by atoms with van der Waals surface area (Å²) in [6.07, 6.45) is 2.42. The first-order valence-electron chi connectivity index (χ1n) is 6.56. The van der Waals surface area contributed by atoms with Gasteiger partial charge >= 0.3 is 0 Å². The Morgan fingerprint density at radius 1 is 1.35 bits per heavy atom. The molecule has 1 atom stereocenters. The van der Waals surface area contributed by atoms with Crippen LogP contribution >= 0.6 is 0 Å². The molecule has 0 bridgehead atoms. The van der Waals surface area contributed by atoms with Crippen LogP contribution in [-0.4, -0.2) is 17.9 Å². The van der Waals surface area contributed by atoms with Gasteiger partial charge in [0.05, 0.1) is 6.04 Å². The van der Waals surface area contributed by atoms with Gasteiger partial charge in [-0.15, -0.1) is 6.58 Å². The Morgan fingerprint density at radius 3 is 2.50 bits per heavy atom. The van der Waals surface area contributed by atoms with Crippen LogP contribution < -0.4 is 16.4 Å². The van der Waals surface area contributed by atoms with Crippen molar-refractivity contribution >= 4 is 23.2 Å². The molecule has 1 unspecified atom stereocenters. The Balaban J connectivity index is 2.86. The third-order valence-electron chi connectivity index (χ3n) is 2.94. The molecule has 0 fully saturated rings. The van der Waals surface area contributed by atoms with Gasteiger partial charge in [0.2, 0.25) is 11.8 Å². The summed E-state index contributed by atoms with van der Waals surface area (Å²) in [5.41, 5.74) is 7.84. The summed E-state index contributed by atoms with van der Waals surface area (Å²) in [6, 6.07) is 4.71. The van der Waals surface area contributed by atoms with Crippen LogP contribution in [0.15, 0.2) is 30.9 Å². The number of hydrogen-bond acceptors (Lipinski definition) is 3. The van der Waals surface area contributed by atoms with Crippen molar-refractivity contribution in [3.63, 3.8) is 0 Å². The Kier molecular flexibility index (Phi) is 5.93. The Labute approximate surface area is 119 Å². The predicted octanol–water partition coefficient (Wildman–Crippen LogP) is 2.19. The van der Waals surface area contributed by atoms with Crippen molar-refractivity contribution in [1.82, 2.24) is 0 Å². The summed E-state index contributed by atoms with van der Waals surface area (Å²) in [7, 11) is 0. The third-order valence-corrected chi connectivity index (χ3v) is 2.94. The number of amides is 2. The molecule has 1 rings (SSSR count). The van der Waals surface area contributed by atoms with Gasteiger partial charge in [0, 0.05) is 17.8 Å². The van der Waals surface area contributed by atoms with Crippen LogP contribution in [0.1, 0.15) is 25.3 Å². The maximum Gasteiger partial charge on any atom is 0.241 e. The quantitative estimate of drug-likeness (QED) is 0.696. The van der Waals surface area contributed by atoms with E-state index in [2.05, 4.69) is 17.2 Å². The SMILES string of the molecule is C=CCC(N)C(=O)Nc1cccc(NC(=O)CC)c1C. The van der Waals surface area contributed by atoms with Crippen molar-refractivity contribution in [1.29, 1.82) is 0 Å². The fraction of sp³-hybridized carbons (Fsp3) is 0.333. The van der Waals surface area contributed by atoms with Crippen LogP contribution in [-0.2, 0) is 9.59 Å². The highest BCUT2D eigenvalue weighted by Gasteiger charge is 2.14. The van der Waals surface area contributed by atoms with E-state index >= 15 is 0 Å². The molecular formula is C15H21N3O2. The summed E-state index contributed by atoms with van der Waals surface area (Å²) >= 11 is 0. The zero-order valence-electron chi connectivity index (χ0n) is 11.9. The molecule has 5 nitrogen and oxygen atoms in total. The van der Waals surface area contributed by atoms with Crippen molar-refractivity contribution in [2.45, 2.75) is 32.7 Å². The number of nitrogens with one attached hydrogen (secondary N) is 2. The van der Waals surface area contributed by atoms with Gasteiger partial charge in [-0.1, -0.05) is 19.1 Å². The molecule has 0 saturated carbocycles. The van der Waals surface area contributed by atoms with E-state index in [1.165, 1.54) is 0 Å². The number of anilines is 2. The van der Waals surface area contributed by atoms with E-state index in [1.54, 1.807) is 31.2 Å². The molecule has 20 heavy (non-hydrogen) atoms. The smallest absolute Gasteiger partial charge is 0.241 e. The molecule has 0 radical (unpaired) electrons. The van der Waals surface area contributed by atoms with Gasteiger partial charge < -0.3 is 16.4 Å². The fourth-order valence-electron chi connectivity index (χ4n) is 1.66. The van der Waals surface area contributed by atoms with Crippen LogP contribution in [0.25, 0.3) is 0 Å². The lowest BCUT2D eigenvalue weighted by Gasteiger charge is -2.15. The average molecular weight is 275 g/mol. The maximum absolute atomic E-state index is 11.9. The molecular weight excluding hydrogens is 254 g/mol. The van der Waals surface area contributed by atoms with Gasteiger partial charge in [-0.05, 0) is 31.0 Å². The first-order chi connectivity index (χ1) is 9.49. The number of rotatable bonds is 6. The van der Waals surface area contributed by atoms with E-state index in [-0.39, 0.29) is 11.8 Å². The second kappa shape index (κ2) is 7.45. The maximum atomic E-state index is 11.9. The lowest BCUT2D eigenvalue weighted by molar-refractivity contribution is -0.117. The molecule has 5 heteroatoms. The molecule has 108 valence electrons. The minimum atomic E-state index is -0.624. The molecule has 2 amide bonds. The topological polar surface area (TPSA) is 84.2 Å². The summed E-state index contributed by atoms with van der Waals surface area (Å²) in [5, 5.41) is 5.55. The molecule has 0 spiro atoms. The molecule has 1 aromatic rings. The van der Waals surface area contributed by atoms with Crippen molar-refractivity contribution < 1.29 is 9.59 Å². The predicted molar refractivity (Wildman–Crippen MR) is 81.5 cm³/mol. The minimum Gasteiger partial charge on any atom is -0.326 e. The van der Waals surface area contributed by atoms with Gasteiger partial charge in [0.15, 0.2) is 0 Å². The number of carbonyl (C=O) groups excluding carboxylic acids is 2. The van der Waals surface area contributed by atoms with Crippen molar-refractivity contribution in [3.05, 3.63) is 36.4 Å². The normalized spacial score (nSPS) is 11.6. The summed E-state index contributed by atoms with van der Waals surface area (Å²) in [4.78, 5) is 23.3. The van der Waals surface area contributed by atoms with Crippen LogP contribution in [0.2, 0.25) is 0 Å². The van der Waals surface area contributed by atoms with E-state index in [1.807, 2.05) is 6.92 Å². The molecule has 0 heterocycles. The Hall–Kier alpha value is -2.14. The molecule has 0 aliphatic rings. The molecule has 0 aliphatic heterocycles. The van der Waals surface area contributed by atoms with Gasteiger partial charge in [0.25, 0.3) is 0 Å². The van der Waals surface area contributed by atoms with Gasteiger partial charge in [-0.2, -0.15) is 0 Å². The zero-order chi connectivity index (χ0) is 15.1. The lowest BCUT2D eigenvalue weighted by Crippen LogP contribution is -2.35. The van der Waals surface area contributed by atoms with E-state index < -0.39 is 6.04 Å². The summed E-state index contributed by atoms with van der Waals surface area (Å²) < 4.78 is 0. The largest absolute Gasteiger partial charge is 0.326 e. The minimum absolute atomic E-state index is 0.0695. The second-order valence-corrected chi connectivity index (χ2v) is 4.50. The van der Waals surface area contributed by atoms with E-state index in [9.17, 15) is 9.59 Å². The van der Waals surface area contributed by atoms with E-state index in [4.69, 9.17) is 5.73 Å². The third kappa shape index (κ3) is 4.20. The monoisotopic (exact) mass is 275 g/mol. The highest BCUT2D eigenvalue weighted by atomic mass is 16.2. The summed E-state index contributed by atoms with van der Waals surface area (Å²) in [6.45, 7) is 7.17. The van der Waals surface area contributed by atoms with Crippen molar-refractivity contribution in [3.8, 4) is 0 Å². The fourth-order valence-corrected chi connectivity index (χ4v) is 1.66. The van der Waals surface area contributed by atoms with Crippen molar-refractivity contribution in [2.24, 2.45) is 5.73 Å². The summed E-state index contributed by atoms with van der Waals surface area (Å²) in [5.74, 6) is -0.341. The Bertz CT molecular complexity index is 512. The van der Waals surface area contributed by atoms with Crippen LogP contribution in [0.5, 0.6) is 0 Å². The van der Waals surface area contributed by atoms with Crippen LogP contribution in [0.3, 0.4) is 0 Å². The highest BCUT2D eigenvalue weighted by molar-refractivity contribution is 5.97. The molecule has 0 aromatic heterocycles. The Morgan fingerprint density at radius 2 is 1.95 bits per heavy atom. The van der Waals surface area contributed by atoms with Crippen molar-refractivity contribution in [2.75, 3.05) is 10.6 Å². The molecule has 0 aliphatic carbocycles. The highest BCUT2D eigenvalue weighted by Crippen LogP contribution is 2.23. The average Bonchev–Trinajstić information content (AvgIpc) is 2.43. The molecule has 4 N–H and O–H groups in total.